The Bertz CT molecular complexity index is 904. The van der Waals surface area contributed by atoms with Crippen LogP contribution in [-0.4, -0.2) is 46.8 Å². The molecule has 1 unspecified atom stereocenters. The number of amides is 1. The summed E-state index contributed by atoms with van der Waals surface area (Å²) in [5.74, 6) is -1.39. The highest BCUT2D eigenvalue weighted by molar-refractivity contribution is 6.39. The molecule has 1 heterocycles. The standard InChI is InChI=1S/C24H28N4O3/c1-2-3-4-11-16-28(17-21(29)30)18-25-23(27-28)24(31)26-22(19-12-7-5-8-13-19)20-14-9-6-10-15-20/h5-10,12-15,18,22H,2-4,11,16-17H2,1H3,(H-,26,29,30,31)/p+1. The van der Waals surface area contributed by atoms with Crippen molar-refractivity contribution in [2.75, 3.05) is 13.1 Å². The number of aliphatic imine (C=N–C) groups is 1. The van der Waals surface area contributed by atoms with Gasteiger partial charge in [0.15, 0.2) is 0 Å². The van der Waals surface area contributed by atoms with E-state index in [9.17, 15) is 14.7 Å². The number of aliphatic carboxylic acids is 1. The van der Waals surface area contributed by atoms with Gasteiger partial charge in [0.1, 0.15) is 6.54 Å². The number of quaternary nitrogens is 1. The molecule has 0 bridgehead atoms. The van der Waals surface area contributed by atoms with E-state index in [1.165, 1.54) is 6.34 Å². The number of rotatable bonds is 11. The van der Waals surface area contributed by atoms with Crippen LogP contribution in [-0.2, 0) is 9.59 Å². The predicted molar refractivity (Wildman–Crippen MR) is 121 cm³/mol. The van der Waals surface area contributed by atoms with E-state index in [0.717, 1.165) is 36.8 Å². The van der Waals surface area contributed by atoms with Crippen molar-refractivity contribution in [3.63, 3.8) is 0 Å². The van der Waals surface area contributed by atoms with Crippen LogP contribution >= 0.6 is 0 Å². The minimum Gasteiger partial charge on any atom is -0.477 e. The third-order valence-electron chi connectivity index (χ3n) is 5.24. The Morgan fingerprint density at radius 1 is 0.968 bits per heavy atom. The number of carboxylic acid groups (broad SMARTS) is 1. The van der Waals surface area contributed by atoms with Crippen LogP contribution in [0.1, 0.15) is 49.8 Å². The fraction of sp³-hybridized carbons (Fsp3) is 0.333. The van der Waals surface area contributed by atoms with Gasteiger partial charge >= 0.3 is 5.97 Å². The van der Waals surface area contributed by atoms with Crippen LogP contribution in [0, 0.1) is 0 Å². The maximum atomic E-state index is 13.0. The maximum absolute atomic E-state index is 13.0. The van der Waals surface area contributed by atoms with E-state index in [4.69, 9.17) is 0 Å². The number of carboxylic acids is 1. The molecule has 0 spiro atoms. The minimum absolute atomic E-state index is 0.00797. The number of hydrogen-bond acceptors (Lipinski definition) is 4. The summed E-state index contributed by atoms with van der Waals surface area (Å²) >= 11 is 0. The summed E-state index contributed by atoms with van der Waals surface area (Å²) in [6, 6.07) is 19.0. The Morgan fingerprint density at radius 2 is 1.58 bits per heavy atom. The van der Waals surface area contributed by atoms with Crippen molar-refractivity contribution < 1.29 is 19.3 Å². The van der Waals surface area contributed by atoms with E-state index in [1.54, 1.807) is 0 Å². The largest absolute Gasteiger partial charge is 0.477 e. The second kappa shape index (κ2) is 10.6. The first-order valence-corrected chi connectivity index (χ1v) is 10.7. The molecule has 2 aromatic rings. The van der Waals surface area contributed by atoms with Crippen LogP contribution in [0.15, 0.2) is 70.8 Å². The van der Waals surface area contributed by atoms with Gasteiger partial charge in [-0.05, 0) is 29.1 Å². The predicted octanol–water partition coefficient (Wildman–Crippen LogP) is 3.73. The Labute approximate surface area is 182 Å². The van der Waals surface area contributed by atoms with Crippen molar-refractivity contribution >= 4 is 24.1 Å². The molecule has 1 atom stereocenters. The number of nitrogens with one attached hydrogen (secondary N) is 1. The average Bonchev–Trinajstić information content (AvgIpc) is 3.19. The van der Waals surface area contributed by atoms with Crippen LogP contribution in [0.4, 0.5) is 0 Å². The van der Waals surface area contributed by atoms with Crippen LogP contribution in [0.3, 0.4) is 0 Å². The molecule has 0 aromatic heterocycles. The Kier molecular flexibility index (Phi) is 7.67. The van der Waals surface area contributed by atoms with Crippen LogP contribution in [0.25, 0.3) is 0 Å². The fourth-order valence-electron chi connectivity index (χ4n) is 3.66. The molecule has 0 aliphatic carbocycles. The zero-order chi connectivity index (χ0) is 22.1. The number of nitrogens with zero attached hydrogens (tertiary/aromatic N) is 3. The Balaban J connectivity index is 1.80. The molecule has 0 radical (unpaired) electrons. The molecule has 3 rings (SSSR count). The number of carbonyl (C=O) groups excluding carboxylic acids is 1. The molecule has 2 aromatic carbocycles. The van der Waals surface area contributed by atoms with E-state index < -0.39 is 11.9 Å². The number of carbonyl (C=O) groups is 2. The molecule has 2 N–H and O–H groups in total. The van der Waals surface area contributed by atoms with Gasteiger partial charge in [-0.15, -0.1) is 4.59 Å². The van der Waals surface area contributed by atoms with E-state index in [-0.39, 0.29) is 23.0 Å². The first-order chi connectivity index (χ1) is 15.0. The second-order valence-corrected chi connectivity index (χ2v) is 7.72. The second-order valence-electron chi connectivity index (χ2n) is 7.72. The van der Waals surface area contributed by atoms with Crippen molar-refractivity contribution in [1.29, 1.82) is 0 Å². The molecule has 1 amide bonds. The van der Waals surface area contributed by atoms with E-state index >= 15 is 0 Å². The van der Waals surface area contributed by atoms with Crippen molar-refractivity contribution in [3.05, 3.63) is 71.8 Å². The van der Waals surface area contributed by atoms with Gasteiger partial charge in [0.2, 0.25) is 12.9 Å². The van der Waals surface area contributed by atoms with Gasteiger partial charge in [-0.1, -0.05) is 80.4 Å². The minimum atomic E-state index is -0.973. The summed E-state index contributed by atoms with van der Waals surface area (Å²) in [5.41, 5.74) is 1.88. The van der Waals surface area contributed by atoms with Gasteiger partial charge in [0.05, 0.1) is 6.04 Å². The van der Waals surface area contributed by atoms with Gasteiger partial charge in [-0.2, -0.15) is 4.99 Å². The topological polar surface area (TPSA) is 91.1 Å². The number of hydrogen-bond donors (Lipinski definition) is 2. The summed E-state index contributed by atoms with van der Waals surface area (Å²) in [6.45, 7) is 2.40. The number of benzene rings is 2. The molecule has 31 heavy (non-hydrogen) atoms. The van der Waals surface area contributed by atoms with Crippen molar-refractivity contribution in [2.45, 2.75) is 38.6 Å². The van der Waals surface area contributed by atoms with Gasteiger partial charge in [-0.3, -0.25) is 4.79 Å². The van der Waals surface area contributed by atoms with Crippen LogP contribution in [0.2, 0.25) is 0 Å². The zero-order valence-electron chi connectivity index (χ0n) is 17.8. The SMILES string of the molecule is CCCCCC[N+]1(CC(=O)O)C=NC(C(=O)NC(c2ccccc2)c2ccccc2)=N1. The molecule has 1 aliphatic rings. The Morgan fingerprint density at radius 3 is 2.13 bits per heavy atom. The lowest BCUT2D eigenvalue weighted by atomic mass is 9.99. The third kappa shape index (κ3) is 6.08. The molecule has 0 fully saturated rings. The lowest BCUT2D eigenvalue weighted by molar-refractivity contribution is -0.832. The van der Waals surface area contributed by atoms with E-state index in [0.29, 0.717) is 6.54 Å². The molecule has 7 nitrogen and oxygen atoms in total. The average molecular weight is 422 g/mol. The van der Waals surface area contributed by atoms with Crippen molar-refractivity contribution in [2.24, 2.45) is 10.1 Å². The van der Waals surface area contributed by atoms with Gasteiger partial charge in [0, 0.05) is 0 Å². The monoisotopic (exact) mass is 421 g/mol. The maximum Gasteiger partial charge on any atom is 0.362 e. The molecule has 0 saturated carbocycles. The summed E-state index contributed by atoms with van der Waals surface area (Å²) in [4.78, 5) is 28.7. The molecule has 1 aliphatic heterocycles. The summed E-state index contributed by atoms with van der Waals surface area (Å²) in [7, 11) is 0. The highest BCUT2D eigenvalue weighted by Crippen LogP contribution is 2.22. The van der Waals surface area contributed by atoms with E-state index in [2.05, 4.69) is 22.3 Å². The molecular formula is C24H29N4O3+. The molecule has 7 heteroatoms. The first-order valence-electron chi connectivity index (χ1n) is 10.7. The normalized spacial score (nSPS) is 17.5. The first kappa shape index (κ1) is 22.4. The zero-order valence-corrected chi connectivity index (χ0v) is 17.8. The van der Waals surface area contributed by atoms with Gasteiger partial charge in [0.25, 0.3) is 11.7 Å². The van der Waals surface area contributed by atoms with E-state index in [1.807, 2.05) is 60.7 Å². The Hall–Kier alpha value is -3.32. The molecule has 162 valence electrons. The summed E-state index contributed by atoms with van der Waals surface area (Å²) in [5, 5.41) is 16.8. The lowest BCUT2D eigenvalue weighted by Gasteiger charge is -2.22. The fourth-order valence-corrected chi connectivity index (χ4v) is 3.66. The van der Waals surface area contributed by atoms with Gasteiger partial charge < -0.3 is 10.4 Å². The number of unbranched alkanes of at least 4 members (excludes halogenated alkanes) is 3. The van der Waals surface area contributed by atoms with Crippen LogP contribution < -0.4 is 5.32 Å². The van der Waals surface area contributed by atoms with Gasteiger partial charge in [-0.25, -0.2) is 4.79 Å². The third-order valence-corrected chi connectivity index (χ3v) is 5.24. The summed E-state index contributed by atoms with van der Waals surface area (Å²) < 4.78 is -0.177. The smallest absolute Gasteiger partial charge is 0.362 e. The number of amidine groups is 1. The molecular weight excluding hydrogens is 392 g/mol. The highest BCUT2D eigenvalue weighted by Gasteiger charge is 2.37. The highest BCUT2D eigenvalue weighted by atomic mass is 16.4. The summed E-state index contributed by atoms with van der Waals surface area (Å²) in [6.07, 6.45) is 5.46. The van der Waals surface area contributed by atoms with Crippen molar-refractivity contribution in [3.8, 4) is 0 Å². The van der Waals surface area contributed by atoms with Crippen LogP contribution in [0.5, 0.6) is 0 Å². The lowest BCUT2D eigenvalue weighted by Crippen LogP contribution is -2.45. The quantitative estimate of drug-likeness (QED) is 0.428. The van der Waals surface area contributed by atoms with Crippen molar-refractivity contribution in [1.82, 2.24) is 5.32 Å². The molecule has 0 saturated heterocycles.